The van der Waals surface area contributed by atoms with E-state index in [1.807, 2.05) is 13.1 Å². The standard InChI is InChI=1S/C14H40O13Si5/c1-15-30(16-2,17-3)14-24-28(10,11)13-25-29(12,26-31(18-4,19-5)20-6)27-32(21-7,22-8)23-9/h13-14H2,1-12H3. The fourth-order valence-corrected chi connectivity index (χ4v) is 15.6. The van der Waals surface area contributed by atoms with Crippen molar-refractivity contribution >= 4 is 44.0 Å². The molecule has 0 fully saturated rings. The van der Waals surface area contributed by atoms with Gasteiger partial charge in [-0.1, -0.05) is 0 Å². The molecule has 0 aliphatic carbocycles. The van der Waals surface area contributed by atoms with Crippen LogP contribution >= 0.6 is 0 Å². The Morgan fingerprint density at radius 3 is 1.06 bits per heavy atom. The van der Waals surface area contributed by atoms with E-state index >= 15 is 0 Å². The summed E-state index contributed by atoms with van der Waals surface area (Å²) in [6, 6.07) is 0. The van der Waals surface area contributed by atoms with Crippen LogP contribution in [-0.2, 0) is 56.9 Å². The van der Waals surface area contributed by atoms with Gasteiger partial charge in [-0.25, -0.2) is 0 Å². The van der Waals surface area contributed by atoms with Crippen molar-refractivity contribution in [1.29, 1.82) is 0 Å². The maximum absolute atomic E-state index is 6.20. The molecular weight excluding hydrogens is 517 g/mol. The largest absolute Gasteiger partial charge is 0.671 e. The molecule has 194 valence electrons. The molecular formula is C14H40O13Si5. The lowest BCUT2D eigenvalue weighted by molar-refractivity contribution is -0.00970. The van der Waals surface area contributed by atoms with E-state index in [2.05, 4.69) is 0 Å². The molecule has 32 heavy (non-hydrogen) atoms. The van der Waals surface area contributed by atoms with Gasteiger partial charge in [-0.2, -0.15) is 0 Å². The monoisotopic (exact) mass is 556 g/mol. The zero-order valence-corrected chi connectivity index (χ0v) is 26.2. The van der Waals surface area contributed by atoms with Gasteiger partial charge in [0.1, 0.15) is 6.23 Å². The lowest BCUT2D eigenvalue weighted by Crippen LogP contribution is -2.64. The second-order valence-electron chi connectivity index (χ2n) is 6.92. The fraction of sp³-hybridized carbons (Fsp3) is 1.00. The first-order chi connectivity index (χ1) is 14.9. The highest BCUT2D eigenvalue weighted by Gasteiger charge is 2.59. The molecule has 0 saturated carbocycles. The summed E-state index contributed by atoms with van der Waals surface area (Å²) < 4.78 is 73.1. The Hall–Kier alpha value is 0.564. The van der Waals surface area contributed by atoms with E-state index < -0.39 is 44.0 Å². The summed E-state index contributed by atoms with van der Waals surface area (Å²) in [6.45, 7) is 5.57. The van der Waals surface area contributed by atoms with Crippen LogP contribution in [0.25, 0.3) is 0 Å². The lowest BCUT2D eigenvalue weighted by Gasteiger charge is -2.38. The Balaban J connectivity index is 5.69. The Kier molecular flexibility index (Phi) is 14.5. The SMILES string of the molecule is CO[Si](CO[Si](C)(C)CO[Si](C)(O[Si](OC)(OC)OC)O[Si](OC)(OC)OC)(OC)OC. The zero-order valence-electron chi connectivity index (χ0n) is 21.2. The number of hydrogen-bond acceptors (Lipinski definition) is 13. The molecule has 0 aromatic rings. The molecule has 0 saturated heterocycles. The summed E-state index contributed by atoms with van der Waals surface area (Å²) in [5.41, 5.74) is 0. The van der Waals surface area contributed by atoms with Crippen LogP contribution in [0.2, 0.25) is 19.6 Å². The van der Waals surface area contributed by atoms with Gasteiger partial charge < -0.3 is 56.9 Å². The van der Waals surface area contributed by atoms with Gasteiger partial charge >= 0.3 is 35.7 Å². The minimum atomic E-state index is -3.61. The van der Waals surface area contributed by atoms with E-state index in [-0.39, 0.29) is 12.5 Å². The fourth-order valence-electron chi connectivity index (χ4n) is 2.34. The van der Waals surface area contributed by atoms with Crippen LogP contribution in [0.15, 0.2) is 0 Å². The highest BCUT2D eigenvalue weighted by atomic mass is 28.5. The van der Waals surface area contributed by atoms with Crippen molar-refractivity contribution in [1.82, 2.24) is 0 Å². The molecule has 0 spiro atoms. The van der Waals surface area contributed by atoms with Crippen LogP contribution in [0.1, 0.15) is 0 Å². The van der Waals surface area contributed by atoms with Gasteiger partial charge in [0.15, 0.2) is 0 Å². The molecule has 13 nitrogen and oxygen atoms in total. The van der Waals surface area contributed by atoms with Crippen molar-refractivity contribution in [2.45, 2.75) is 19.6 Å². The molecule has 18 heteroatoms. The van der Waals surface area contributed by atoms with E-state index in [1.165, 1.54) is 64.0 Å². The predicted molar refractivity (Wildman–Crippen MR) is 124 cm³/mol. The molecule has 0 atom stereocenters. The average molecular weight is 557 g/mol. The molecule has 0 aromatic carbocycles. The van der Waals surface area contributed by atoms with E-state index in [1.54, 1.807) is 6.55 Å². The zero-order chi connectivity index (χ0) is 25.1. The highest BCUT2D eigenvalue weighted by Crippen LogP contribution is 2.25. The lowest BCUT2D eigenvalue weighted by atomic mass is 11.7. The molecule has 0 N–H and O–H groups in total. The van der Waals surface area contributed by atoms with Crippen LogP contribution < -0.4 is 0 Å². The summed E-state index contributed by atoms with van der Waals surface area (Å²) in [6.07, 6.45) is 0.347. The van der Waals surface area contributed by atoms with Crippen molar-refractivity contribution in [3.63, 3.8) is 0 Å². The van der Waals surface area contributed by atoms with Crippen LogP contribution in [-0.4, -0.2) is 120 Å². The van der Waals surface area contributed by atoms with Crippen LogP contribution in [0.5, 0.6) is 0 Å². The van der Waals surface area contributed by atoms with Gasteiger partial charge in [0, 0.05) is 70.5 Å². The van der Waals surface area contributed by atoms with E-state index in [0.717, 1.165) is 0 Å². The van der Waals surface area contributed by atoms with E-state index in [0.29, 0.717) is 0 Å². The second kappa shape index (κ2) is 14.2. The first-order valence-electron chi connectivity index (χ1n) is 9.52. The quantitative estimate of drug-likeness (QED) is 0.206. The van der Waals surface area contributed by atoms with Gasteiger partial charge in [-0.05, 0) is 13.1 Å². The molecule has 0 radical (unpaired) electrons. The van der Waals surface area contributed by atoms with Gasteiger partial charge in [0.2, 0.25) is 8.32 Å². The highest BCUT2D eigenvalue weighted by molar-refractivity contribution is 6.78. The third-order valence-corrected chi connectivity index (χ3v) is 17.7. The number of rotatable bonds is 19. The Bertz CT molecular complexity index is 470. The van der Waals surface area contributed by atoms with Crippen molar-refractivity contribution in [2.75, 3.05) is 76.4 Å². The molecule has 0 aliphatic heterocycles. The number of hydrogen-bond donors (Lipinski definition) is 0. The van der Waals surface area contributed by atoms with Crippen molar-refractivity contribution < 1.29 is 56.9 Å². The predicted octanol–water partition coefficient (Wildman–Crippen LogP) is 0.533. The smallest absolute Gasteiger partial charge is 0.411 e. The molecule has 0 bridgehead atoms. The van der Waals surface area contributed by atoms with Gasteiger partial charge in [-0.15, -0.1) is 0 Å². The second-order valence-corrected chi connectivity index (χ2v) is 22.0. The topological polar surface area (TPSA) is 120 Å². The average Bonchev–Trinajstić information content (AvgIpc) is 2.81. The Morgan fingerprint density at radius 2 is 0.781 bits per heavy atom. The summed E-state index contributed by atoms with van der Waals surface area (Å²) >= 11 is 0. The Labute approximate surface area is 197 Å². The third kappa shape index (κ3) is 9.31. The summed E-state index contributed by atoms with van der Waals surface area (Å²) in [5.74, 6) is 0. The summed E-state index contributed by atoms with van der Waals surface area (Å²) in [5, 5.41) is 0. The van der Waals surface area contributed by atoms with Crippen molar-refractivity contribution in [3.8, 4) is 0 Å². The van der Waals surface area contributed by atoms with E-state index in [9.17, 15) is 0 Å². The molecule has 0 aromatic heterocycles. The van der Waals surface area contributed by atoms with Gasteiger partial charge in [0.25, 0.3) is 0 Å². The first kappa shape index (κ1) is 32.6. The van der Waals surface area contributed by atoms with Gasteiger partial charge in [-0.3, -0.25) is 0 Å². The van der Waals surface area contributed by atoms with Crippen LogP contribution in [0.4, 0.5) is 0 Å². The molecule has 0 aliphatic rings. The first-order valence-corrected chi connectivity index (χ1v) is 20.1. The van der Waals surface area contributed by atoms with Crippen molar-refractivity contribution in [3.05, 3.63) is 0 Å². The third-order valence-electron chi connectivity index (χ3n) is 4.38. The van der Waals surface area contributed by atoms with Crippen LogP contribution in [0.3, 0.4) is 0 Å². The van der Waals surface area contributed by atoms with Crippen molar-refractivity contribution in [2.24, 2.45) is 0 Å². The molecule has 0 rings (SSSR count). The minimum absolute atomic E-state index is 0.166. The van der Waals surface area contributed by atoms with Crippen LogP contribution in [0, 0.1) is 0 Å². The Morgan fingerprint density at radius 1 is 0.438 bits per heavy atom. The normalized spacial score (nSPS) is 14.2. The maximum Gasteiger partial charge on any atom is 0.671 e. The minimum Gasteiger partial charge on any atom is -0.411 e. The summed E-state index contributed by atoms with van der Waals surface area (Å²) in [4.78, 5) is 0. The van der Waals surface area contributed by atoms with E-state index in [4.69, 9.17) is 56.9 Å². The molecule has 0 heterocycles. The molecule has 0 amide bonds. The molecule has 0 unspecified atom stereocenters. The summed E-state index contributed by atoms with van der Waals surface area (Å²) in [7, 11) is -3.07. The van der Waals surface area contributed by atoms with Gasteiger partial charge in [0.05, 0.1) is 6.23 Å². The maximum atomic E-state index is 6.20.